The average molecular weight is 220 g/mol. The summed E-state index contributed by atoms with van der Waals surface area (Å²) in [6.07, 6.45) is 4.94. The predicted molar refractivity (Wildman–Crippen MR) is 67.8 cm³/mol. The van der Waals surface area contributed by atoms with Crippen LogP contribution in [-0.4, -0.2) is 9.97 Å². The van der Waals surface area contributed by atoms with E-state index in [1.165, 1.54) is 42.9 Å². The Balaban J connectivity index is 2.22. The first-order valence-electron chi connectivity index (χ1n) is 6.70. The van der Waals surface area contributed by atoms with Crippen LogP contribution in [0.3, 0.4) is 0 Å². The Labute approximate surface area is 98.9 Å². The number of rotatable bonds is 3. The molecule has 3 unspecified atom stereocenters. The summed E-state index contributed by atoms with van der Waals surface area (Å²) in [6.45, 7) is 9.17. The molecule has 1 aliphatic rings. The van der Waals surface area contributed by atoms with E-state index in [0.29, 0.717) is 11.8 Å². The summed E-state index contributed by atoms with van der Waals surface area (Å²) in [5.74, 6) is 3.24. The number of H-pyrrole nitrogens is 1. The second-order valence-corrected chi connectivity index (χ2v) is 5.62. The van der Waals surface area contributed by atoms with Crippen molar-refractivity contribution in [3.8, 4) is 0 Å². The van der Waals surface area contributed by atoms with Crippen molar-refractivity contribution < 1.29 is 0 Å². The van der Waals surface area contributed by atoms with Crippen LogP contribution in [0.5, 0.6) is 0 Å². The monoisotopic (exact) mass is 220 g/mol. The molecule has 1 aliphatic carbocycles. The topological polar surface area (TPSA) is 28.7 Å². The van der Waals surface area contributed by atoms with Gasteiger partial charge in [-0.2, -0.15) is 0 Å². The summed E-state index contributed by atoms with van der Waals surface area (Å²) >= 11 is 0. The van der Waals surface area contributed by atoms with Crippen molar-refractivity contribution in [1.82, 2.24) is 9.97 Å². The van der Waals surface area contributed by atoms with Gasteiger partial charge in [0.25, 0.3) is 0 Å². The minimum atomic E-state index is 0.582. The summed E-state index contributed by atoms with van der Waals surface area (Å²) in [4.78, 5) is 8.40. The summed E-state index contributed by atoms with van der Waals surface area (Å²) in [5, 5.41) is 0. The van der Waals surface area contributed by atoms with E-state index in [1.54, 1.807) is 0 Å². The van der Waals surface area contributed by atoms with Gasteiger partial charge in [-0.05, 0) is 25.2 Å². The van der Waals surface area contributed by atoms with Crippen molar-refractivity contribution in [3.05, 3.63) is 17.2 Å². The molecule has 0 saturated heterocycles. The number of nitrogens with one attached hydrogen (secondary N) is 1. The maximum atomic E-state index is 4.83. The van der Waals surface area contributed by atoms with Crippen LogP contribution >= 0.6 is 0 Å². The SMILES string of the molecule is CCCC(C)c1nc2c([nH]1)CC(C)CC2C. The molecule has 0 aliphatic heterocycles. The fourth-order valence-corrected chi connectivity index (χ4v) is 2.96. The quantitative estimate of drug-likeness (QED) is 0.819. The van der Waals surface area contributed by atoms with Gasteiger partial charge in [-0.1, -0.05) is 34.1 Å². The highest BCUT2D eigenvalue weighted by Gasteiger charge is 2.25. The zero-order valence-electron chi connectivity index (χ0n) is 11.0. The van der Waals surface area contributed by atoms with E-state index in [4.69, 9.17) is 4.98 Å². The Morgan fingerprint density at radius 1 is 1.44 bits per heavy atom. The number of imidazole rings is 1. The van der Waals surface area contributed by atoms with E-state index in [2.05, 4.69) is 32.7 Å². The maximum absolute atomic E-state index is 4.83. The van der Waals surface area contributed by atoms with Crippen LogP contribution in [0.1, 0.15) is 76.0 Å². The average Bonchev–Trinajstić information content (AvgIpc) is 2.62. The molecule has 0 bridgehead atoms. The van der Waals surface area contributed by atoms with Gasteiger partial charge in [0.1, 0.15) is 5.82 Å². The standard InChI is InChI=1S/C14H24N2/c1-5-6-10(3)14-15-12-8-9(2)7-11(4)13(12)16-14/h9-11H,5-8H2,1-4H3,(H,15,16). The Bertz CT molecular complexity index is 354. The molecule has 0 fully saturated rings. The van der Waals surface area contributed by atoms with Gasteiger partial charge < -0.3 is 4.98 Å². The maximum Gasteiger partial charge on any atom is 0.109 e. The van der Waals surface area contributed by atoms with Crippen molar-refractivity contribution in [2.75, 3.05) is 0 Å². The van der Waals surface area contributed by atoms with Crippen molar-refractivity contribution in [2.24, 2.45) is 5.92 Å². The molecule has 2 nitrogen and oxygen atoms in total. The van der Waals surface area contributed by atoms with E-state index in [0.717, 1.165) is 5.92 Å². The van der Waals surface area contributed by atoms with Gasteiger partial charge in [-0.3, -0.25) is 0 Å². The lowest BCUT2D eigenvalue weighted by atomic mass is 9.84. The van der Waals surface area contributed by atoms with Gasteiger partial charge in [0.15, 0.2) is 0 Å². The molecule has 2 heteroatoms. The van der Waals surface area contributed by atoms with Crippen molar-refractivity contribution in [3.63, 3.8) is 0 Å². The predicted octanol–water partition coefficient (Wildman–Crippen LogP) is 4.00. The number of aromatic nitrogens is 2. The lowest BCUT2D eigenvalue weighted by Gasteiger charge is -2.22. The normalized spacial score (nSPS) is 26.5. The number of nitrogens with zero attached hydrogens (tertiary/aromatic N) is 1. The number of fused-ring (bicyclic) bond motifs is 1. The minimum Gasteiger partial charge on any atom is -0.345 e. The number of hydrogen-bond acceptors (Lipinski definition) is 1. The van der Waals surface area contributed by atoms with Crippen LogP contribution in [0.4, 0.5) is 0 Å². The van der Waals surface area contributed by atoms with Crippen LogP contribution in [0.25, 0.3) is 0 Å². The third-order valence-electron chi connectivity index (χ3n) is 3.79. The highest BCUT2D eigenvalue weighted by molar-refractivity contribution is 5.23. The van der Waals surface area contributed by atoms with Crippen molar-refractivity contribution in [1.29, 1.82) is 0 Å². The second kappa shape index (κ2) is 4.60. The molecule has 1 aromatic heterocycles. The van der Waals surface area contributed by atoms with Gasteiger partial charge in [0.2, 0.25) is 0 Å². The fraction of sp³-hybridized carbons (Fsp3) is 0.786. The molecule has 0 spiro atoms. The number of hydrogen-bond donors (Lipinski definition) is 1. The van der Waals surface area contributed by atoms with Crippen LogP contribution in [0.15, 0.2) is 0 Å². The lowest BCUT2D eigenvalue weighted by Crippen LogP contribution is -2.14. The van der Waals surface area contributed by atoms with E-state index in [-0.39, 0.29) is 0 Å². The molecule has 1 aromatic rings. The van der Waals surface area contributed by atoms with Gasteiger partial charge >= 0.3 is 0 Å². The highest BCUT2D eigenvalue weighted by Crippen LogP contribution is 2.34. The van der Waals surface area contributed by atoms with Gasteiger partial charge in [0, 0.05) is 17.5 Å². The zero-order chi connectivity index (χ0) is 11.7. The third-order valence-corrected chi connectivity index (χ3v) is 3.79. The summed E-state index contributed by atoms with van der Waals surface area (Å²) in [6, 6.07) is 0. The summed E-state index contributed by atoms with van der Waals surface area (Å²) in [7, 11) is 0. The third kappa shape index (κ3) is 2.16. The highest BCUT2D eigenvalue weighted by atomic mass is 15.0. The first-order chi connectivity index (χ1) is 7.61. The van der Waals surface area contributed by atoms with E-state index >= 15 is 0 Å². The molecule has 3 atom stereocenters. The van der Waals surface area contributed by atoms with E-state index in [9.17, 15) is 0 Å². The van der Waals surface area contributed by atoms with Gasteiger partial charge in [-0.25, -0.2) is 4.98 Å². The Morgan fingerprint density at radius 2 is 2.19 bits per heavy atom. The second-order valence-electron chi connectivity index (χ2n) is 5.62. The molecule has 2 rings (SSSR count). The Morgan fingerprint density at radius 3 is 2.88 bits per heavy atom. The fourth-order valence-electron chi connectivity index (χ4n) is 2.96. The van der Waals surface area contributed by atoms with Crippen LogP contribution in [0, 0.1) is 5.92 Å². The molecule has 0 amide bonds. The van der Waals surface area contributed by atoms with Crippen LogP contribution in [-0.2, 0) is 6.42 Å². The zero-order valence-corrected chi connectivity index (χ0v) is 11.0. The molecule has 0 aromatic carbocycles. The molecule has 0 radical (unpaired) electrons. The first kappa shape index (κ1) is 11.7. The lowest BCUT2D eigenvalue weighted by molar-refractivity contribution is 0.440. The van der Waals surface area contributed by atoms with E-state index in [1.807, 2.05) is 0 Å². The molecule has 90 valence electrons. The van der Waals surface area contributed by atoms with Crippen molar-refractivity contribution in [2.45, 2.75) is 65.2 Å². The summed E-state index contributed by atoms with van der Waals surface area (Å²) < 4.78 is 0. The Kier molecular flexibility index (Phi) is 3.36. The van der Waals surface area contributed by atoms with Crippen LogP contribution < -0.4 is 0 Å². The van der Waals surface area contributed by atoms with Gasteiger partial charge in [-0.15, -0.1) is 0 Å². The van der Waals surface area contributed by atoms with E-state index < -0.39 is 0 Å². The molecular weight excluding hydrogens is 196 g/mol. The molecule has 1 heterocycles. The summed E-state index contributed by atoms with van der Waals surface area (Å²) in [5.41, 5.74) is 2.75. The smallest absolute Gasteiger partial charge is 0.109 e. The van der Waals surface area contributed by atoms with Gasteiger partial charge in [0.05, 0.1) is 5.69 Å². The van der Waals surface area contributed by atoms with Crippen LogP contribution in [0.2, 0.25) is 0 Å². The minimum absolute atomic E-state index is 0.582. The molecular formula is C14H24N2. The Hall–Kier alpha value is -0.790. The molecule has 0 saturated carbocycles. The molecule has 1 N–H and O–H groups in total. The first-order valence-corrected chi connectivity index (χ1v) is 6.70. The molecule has 16 heavy (non-hydrogen) atoms. The number of aromatic amines is 1. The van der Waals surface area contributed by atoms with Crippen molar-refractivity contribution >= 4 is 0 Å². The largest absolute Gasteiger partial charge is 0.345 e.